The van der Waals surface area contributed by atoms with Crippen molar-refractivity contribution in [2.45, 2.75) is 218 Å². The van der Waals surface area contributed by atoms with Crippen LogP contribution >= 0.6 is 15.9 Å². The molecule has 4 atom stereocenters. The normalized spacial score (nSPS) is 17.8. The Morgan fingerprint density at radius 3 is 1.14 bits per heavy atom. The number of epoxide rings is 3. The maximum absolute atomic E-state index is 15.5. The molecule has 4 unspecified atom stereocenters. The molecule has 3 saturated heterocycles. The Labute approximate surface area is 722 Å². The quantitative estimate of drug-likeness (QED) is 0.0180. The predicted molar refractivity (Wildman–Crippen MR) is 449 cm³/mol. The monoisotopic (exact) mass is 1920 g/mol. The van der Waals surface area contributed by atoms with Crippen LogP contribution in [0, 0.1) is 58.4 Å². The van der Waals surface area contributed by atoms with Gasteiger partial charge in [-0.1, -0.05) is 54.0 Å². The standard InChI is InChI=1S/C19H17F4N5O.C18H15F4NO.C17H13F4NO.C14H8BrF4NO.C4H10O.3C4H9.C3H5.4CH4.FH.Sn/c20-14-4-5-15(16(21)8-14)18(29,10-28-11-25-26-27-28)19(22,23)17-6-3-13(9-24-17)7-12-1-2-12;19-13-4-5-14(15(20)8-13)17(10-24-17)18(21,22)16-6-3-12(9-23-16)7-11-1-2-11;1-2-3-11-4-7-15(22-9-11)17(20,21)16(10-23-16)13-6-5-12(18)8-14(13)19;15-8-1-4-12(20-6-8)14(18,19)13(7-21-13)10-3-2-9(16)5-11(10)17;1-3-5-4-2;3*1-3-4-2;1-3-2;;;;;;/h3-6,8-9,11-12,29H,1-2,7,10H2;3-6,8-9,11H,1-2,7,10H2;2,4-9H,1,3,10H2;1-6H,7H2;3-4H2,1-2H3;3*1,3-4H2,2H3;3H,1-2H2;4*1H4;1H;. The van der Waals surface area contributed by atoms with Gasteiger partial charge in [-0.15, -0.1) is 11.7 Å². The maximum atomic E-state index is 15.5. The van der Waals surface area contributed by atoms with Gasteiger partial charge in [0.1, 0.15) is 75.6 Å². The molecule has 8 heterocycles. The van der Waals surface area contributed by atoms with E-state index >= 15 is 8.78 Å². The molecule has 5 fully saturated rings. The molecule has 4 aromatic carbocycles. The van der Waals surface area contributed by atoms with Crippen molar-refractivity contribution in [2.75, 3.05) is 33.0 Å². The molecule has 14 rings (SSSR count). The number of pyridine rings is 4. The number of hydrogen-bond donors (Lipinski definition) is 1. The number of ether oxygens (including phenoxy) is 4. The van der Waals surface area contributed by atoms with E-state index in [-0.39, 0.29) is 70.9 Å². The Hall–Kier alpha value is -8.08. The van der Waals surface area contributed by atoms with E-state index < -0.39 is 146 Å². The fourth-order valence-electron chi connectivity index (χ4n) is 13.8. The molecule has 676 valence electrons. The van der Waals surface area contributed by atoms with Crippen molar-refractivity contribution in [1.82, 2.24) is 40.1 Å². The number of aliphatic hydroxyl groups is 1. The summed E-state index contributed by atoms with van der Waals surface area (Å²) in [5, 5.41) is 21.2. The summed E-state index contributed by atoms with van der Waals surface area (Å²) in [6.45, 7) is 18.3. The molecule has 2 aliphatic carbocycles. The molecular weight excluding hydrogens is 1810 g/mol. The number of unbranched alkanes of at least 4 members (excludes halogenated alkanes) is 3. The van der Waals surface area contributed by atoms with Crippen LogP contribution in [0.1, 0.15) is 190 Å². The number of nitrogens with zero attached hydrogens (tertiary/aromatic N) is 8. The van der Waals surface area contributed by atoms with E-state index in [1.54, 1.807) is 25.5 Å². The van der Waals surface area contributed by atoms with Crippen molar-refractivity contribution in [2.24, 2.45) is 11.8 Å². The zero-order valence-electron chi connectivity index (χ0n) is 66.4. The van der Waals surface area contributed by atoms with E-state index in [0.717, 1.165) is 127 Å². The molecule has 0 bridgehead atoms. The summed E-state index contributed by atoms with van der Waals surface area (Å²) < 4.78 is 256. The summed E-state index contributed by atoms with van der Waals surface area (Å²) in [6, 6.07) is 20.3. The molecule has 13 nitrogen and oxygen atoms in total. The largest absolute Gasteiger partial charge is 0.382 e. The average Bonchev–Trinajstić information content (AvgIpc) is 1.52. The smallest absolute Gasteiger partial charge is 0.324 e. The maximum Gasteiger partial charge on any atom is 0.324 e. The first kappa shape index (κ1) is 107. The van der Waals surface area contributed by atoms with Crippen LogP contribution in [0.15, 0.2) is 182 Å². The number of benzene rings is 4. The molecule has 5 aromatic heterocycles. The SMILES string of the molecule is C.C.C.C.C=CCc1ccc(C(F)(F)C2(c3ccc(F)cc3F)CO2)nc1.C=C[CH2][Sn]([CH2]CCC)([CH2]CCC)[CH2]CCC.CCOCC.F.Fc1ccc(C2(C(F)(F)c3ccc(Br)cn3)CO2)c(F)c1.Fc1ccc(C2(C(F)(F)c3ccc(CC4CC4)cn3)CO2)c(F)c1.OC(Cn1cnnn1)(c1ccc(F)cc1F)C(F)(F)c1ccc(CC2CC2)cn1. The predicted octanol–water partition coefficient (Wildman–Crippen LogP) is 25.3. The fraction of sp³-hybridized carbons (Fsp3) is 0.462. The van der Waals surface area contributed by atoms with Gasteiger partial charge in [-0.3, -0.25) is 24.6 Å². The van der Waals surface area contributed by atoms with Gasteiger partial charge in [-0.05, 0) is 193 Å². The molecule has 123 heavy (non-hydrogen) atoms. The first-order valence-corrected chi connectivity index (χ1v) is 48.0. The fourth-order valence-corrected chi connectivity index (χ4v) is 29.1. The minimum Gasteiger partial charge on any atom is -0.382 e. The van der Waals surface area contributed by atoms with E-state index in [9.17, 15) is 66.6 Å². The van der Waals surface area contributed by atoms with Crippen LogP contribution in [-0.4, -0.2) is 96.7 Å². The Kier molecular flexibility index (Phi) is 40.9. The van der Waals surface area contributed by atoms with Crippen LogP contribution in [0.2, 0.25) is 17.7 Å². The van der Waals surface area contributed by atoms with Crippen molar-refractivity contribution in [3.05, 3.63) is 290 Å². The summed E-state index contributed by atoms with van der Waals surface area (Å²) >= 11 is 1.33. The number of hydrogen-bond acceptors (Lipinski definition) is 12. The summed E-state index contributed by atoms with van der Waals surface area (Å²) in [4.78, 5) is 15.1. The third-order valence-electron chi connectivity index (χ3n) is 21.1. The van der Waals surface area contributed by atoms with Gasteiger partial charge in [-0.25, -0.2) is 39.8 Å². The van der Waals surface area contributed by atoms with Crippen LogP contribution in [0.5, 0.6) is 0 Å². The molecule has 0 radical (unpaired) electrons. The molecule has 5 aliphatic rings. The average molecular weight is 1920 g/mol. The zero-order valence-corrected chi connectivity index (χ0v) is 70.9. The van der Waals surface area contributed by atoms with Crippen LogP contribution in [0.3, 0.4) is 0 Å². The van der Waals surface area contributed by atoms with Crippen LogP contribution in [-0.2, 0) is 90.8 Å². The third kappa shape index (κ3) is 26.3. The molecule has 9 aromatic rings. The van der Waals surface area contributed by atoms with E-state index in [1.807, 2.05) is 13.8 Å². The molecule has 0 spiro atoms. The molecule has 32 heteroatoms. The minimum absolute atomic E-state index is 0. The molecule has 0 amide bonds. The van der Waals surface area contributed by atoms with E-state index in [2.05, 4.69) is 91.4 Å². The van der Waals surface area contributed by atoms with Crippen LogP contribution in [0.25, 0.3) is 0 Å². The molecule has 1 N–H and O–H groups in total. The first-order valence-electron chi connectivity index (χ1n) is 39.1. The van der Waals surface area contributed by atoms with Gasteiger partial charge in [0.05, 0.1) is 26.4 Å². The summed E-state index contributed by atoms with van der Waals surface area (Å²) in [7, 11) is 0. The third-order valence-corrected chi connectivity index (χ3v) is 36.9. The Morgan fingerprint density at radius 2 is 0.854 bits per heavy atom. The molecule has 2 saturated carbocycles. The number of halogens is 18. The Balaban J connectivity index is 0.000000318. The van der Waals surface area contributed by atoms with Gasteiger partial charge in [0.2, 0.25) is 0 Å². The van der Waals surface area contributed by atoms with Crippen molar-refractivity contribution >= 4 is 34.3 Å². The van der Waals surface area contributed by atoms with Gasteiger partial charge in [0, 0.05) is 89.0 Å². The van der Waals surface area contributed by atoms with Gasteiger partial charge in [0.25, 0.3) is 0 Å². The first-order chi connectivity index (χ1) is 56.1. The Bertz CT molecular complexity index is 4700. The van der Waals surface area contributed by atoms with E-state index in [1.165, 1.54) is 111 Å². The second-order valence-electron chi connectivity index (χ2n) is 29.9. The number of allylic oxidation sites excluding steroid dienone is 2. The summed E-state index contributed by atoms with van der Waals surface area (Å²) in [6.07, 6.45) is 25.4. The van der Waals surface area contributed by atoms with Gasteiger partial charge >= 0.3 is 132 Å². The van der Waals surface area contributed by atoms with E-state index in [4.69, 9.17) is 18.9 Å². The van der Waals surface area contributed by atoms with E-state index in [0.29, 0.717) is 47.0 Å². The molecule has 3 aliphatic heterocycles. The minimum atomic E-state index is -4.03. The van der Waals surface area contributed by atoms with Crippen molar-refractivity contribution in [1.29, 1.82) is 0 Å². The van der Waals surface area contributed by atoms with Gasteiger partial charge in [-0.2, -0.15) is 35.1 Å². The summed E-state index contributed by atoms with van der Waals surface area (Å²) in [5.41, 5.74) is -11.2. The van der Waals surface area contributed by atoms with Crippen LogP contribution < -0.4 is 0 Å². The van der Waals surface area contributed by atoms with Crippen molar-refractivity contribution in [3.63, 3.8) is 0 Å². The van der Waals surface area contributed by atoms with Crippen LogP contribution in [0.4, 0.5) is 75.0 Å². The zero-order chi connectivity index (χ0) is 85.9. The Morgan fingerprint density at radius 1 is 0.496 bits per heavy atom. The summed E-state index contributed by atoms with van der Waals surface area (Å²) in [5.74, 6) is -21.4. The number of tetrazole rings is 1. The second-order valence-corrected chi connectivity index (χ2v) is 44.8. The molecular formula is C91H112BrF17N8O5Sn. The second kappa shape index (κ2) is 46.9. The number of aromatic nitrogens is 8. The van der Waals surface area contributed by atoms with Crippen molar-refractivity contribution < 1.29 is 99.0 Å². The van der Waals surface area contributed by atoms with Gasteiger partial charge < -0.3 is 24.1 Å². The number of rotatable bonds is 33. The topological polar surface area (TPSA) is 162 Å². The van der Waals surface area contributed by atoms with Crippen molar-refractivity contribution in [3.8, 4) is 0 Å². The number of alkyl halides is 8. The van der Waals surface area contributed by atoms with Gasteiger partial charge in [0.15, 0.2) is 22.4 Å².